The van der Waals surface area contributed by atoms with Crippen molar-refractivity contribution in [2.24, 2.45) is 10.2 Å². The number of azo groups is 1. The molecule has 0 aliphatic heterocycles. The molecular formula is C11H15N3. The summed E-state index contributed by atoms with van der Waals surface area (Å²) in [6.45, 7) is 0. The van der Waals surface area contributed by atoms with Crippen molar-refractivity contribution in [3.05, 3.63) is 23.3 Å². The predicted octanol–water partition coefficient (Wildman–Crippen LogP) is 2.86. The van der Waals surface area contributed by atoms with E-state index >= 15 is 0 Å². The smallest absolute Gasteiger partial charge is 0.0888 e. The number of nitrogen functional groups attached to an aromatic ring is 1. The van der Waals surface area contributed by atoms with Gasteiger partial charge in [0.25, 0.3) is 0 Å². The van der Waals surface area contributed by atoms with Crippen LogP contribution in [-0.4, -0.2) is 7.05 Å². The SMILES string of the molecule is CN=Nc1ccc(N)c2c1CCCC2. The maximum atomic E-state index is 5.93. The first-order chi connectivity index (χ1) is 6.83. The Balaban J connectivity index is 2.53. The number of hydrogen-bond donors (Lipinski definition) is 1. The van der Waals surface area contributed by atoms with Gasteiger partial charge in [0, 0.05) is 12.7 Å². The molecule has 0 saturated heterocycles. The quantitative estimate of drug-likeness (QED) is 0.536. The van der Waals surface area contributed by atoms with Crippen molar-refractivity contribution < 1.29 is 0 Å². The van der Waals surface area contributed by atoms with Gasteiger partial charge in [-0.2, -0.15) is 10.2 Å². The lowest BCUT2D eigenvalue weighted by molar-refractivity contribution is 0.687. The highest BCUT2D eigenvalue weighted by Crippen LogP contribution is 2.33. The molecule has 0 radical (unpaired) electrons. The molecule has 0 unspecified atom stereocenters. The van der Waals surface area contributed by atoms with Gasteiger partial charge in [-0.25, -0.2) is 0 Å². The lowest BCUT2D eigenvalue weighted by atomic mass is 9.89. The Kier molecular flexibility index (Phi) is 2.48. The molecular weight excluding hydrogens is 174 g/mol. The first kappa shape index (κ1) is 9.19. The van der Waals surface area contributed by atoms with Crippen molar-refractivity contribution in [3.63, 3.8) is 0 Å². The zero-order valence-corrected chi connectivity index (χ0v) is 8.45. The summed E-state index contributed by atoms with van der Waals surface area (Å²) in [5, 5.41) is 7.96. The van der Waals surface area contributed by atoms with Gasteiger partial charge >= 0.3 is 0 Å². The van der Waals surface area contributed by atoms with Crippen LogP contribution in [0.5, 0.6) is 0 Å². The molecule has 1 aromatic carbocycles. The first-order valence-electron chi connectivity index (χ1n) is 5.03. The minimum Gasteiger partial charge on any atom is -0.398 e. The molecule has 0 amide bonds. The zero-order chi connectivity index (χ0) is 9.97. The zero-order valence-electron chi connectivity index (χ0n) is 8.45. The van der Waals surface area contributed by atoms with E-state index in [1.807, 2.05) is 12.1 Å². The van der Waals surface area contributed by atoms with Crippen LogP contribution in [0.2, 0.25) is 0 Å². The summed E-state index contributed by atoms with van der Waals surface area (Å²) in [7, 11) is 1.70. The van der Waals surface area contributed by atoms with Gasteiger partial charge in [-0.05, 0) is 48.9 Å². The van der Waals surface area contributed by atoms with Gasteiger partial charge in [-0.3, -0.25) is 0 Å². The summed E-state index contributed by atoms with van der Waals surface area (Å²) in [4.78, 5) is 0. The molecule has 0 saturated carbocycles. The van der Waals surface area contributed by atoms with Gasteiger partial charge in [0.15, 0.2) is 0 Å². The average Bonchev–Trinajstić information content (AvgIpc) is 2.23. The van der Waals surface area contributed by atoms with Crippen LogP contribution in [0.1, 0.15) is 24.0 Å². The summed E-state index contributed by atoms with van der Waals surface area (Å²) in [6, 6.07) is 3.90. The Hall–Kier alpha value is -1.38. The number of benzene rings is 1. The van der Waals surface area contributed by atoms with E-state index in [0.717, 1.165) is 24.2 Å². The third-order valence-electron chi connectivity index (χ3n) is 2.75. The first-order valence-corrected chi connectivity index (χ1v) is 5.03. The standard InChI is InChI=1S/C11H15N3/c1-13-14-11-7-6-10(12)8-4-2-3-5-9(8)11/h6-7H,2-5,12H2,1H3. The van der Waals surface area contributed by atoms with Gasteiger partial charge in [-0.15, -0.1) is 0 Å². The van der Waals surface area contributed by atoms with Gasteiger partial charge in [0.05, 0.1) is 5.69 Å². The van der Waals surface area contributed by atoms with E-state index in [-0.39, 0.29) is 0 Å². The van der Waals surface area contributed by atoms with Gasteiger partial charge < -0.3 is 5.73 Å². The highest BCUT2D eigenvalue weighted by molar-refractivity contribution is 5.62. The fourth-order valence-electron chi connectivity index (χ4n) is 2.08. The molecule has 0 bridgehead atoms. The summed E-state index contributed by atoms with van der Waals surface area (Å²) < 4.78 is 0. The van der Waals surface area contributed by atoms with Crippen LogP contribution in [0.3, 0.4) is 0 Å². The minimum atomic E-state index is 0.912. The molecule has 2 N–H and O–H groups in total. The van der Waals surface area contributed by atoms with Crippen molar-refractivity contribution in [3.8, 4) is 0 Å². The van der Waals surface area contributed by atoms with E-state index in [1.165, 1.54) is 24.0 Å². The van der Waals surface area contributed by atoms with Crippen molar-refractivity contribution in [1.82, 2.24) is 0 Å². The topological polar surface area (TPSA) is 50.7 Å². The van der Waals surface area contributed by atoms with Crippen LogP contribution in [0.4, 0.5) is 11.4 Å². The van der Waals surface area contributed by atoms with E-state index in [2.05, 4.69) is 10.2 Å². The van der Waals surface area contributed by atoms with E-state index in [1.54, 1.807) is 7.05 Å². The molecule has 1 aliphatic rings. The van der Waals surface area contributed by atoms with Crippen LogP contribution in [0, 0.1) is 0 Å². The van der Waals surface area contributed by atoms with E-state index in [9.17, 15) is 0 Å². The molecule has 0 fully saturated rings. The van der Waals surface area contributed by atoms with Crippen LogP contribution in [-0.2, 0) is 12.8 Å². The molecule has 0 atom stereocenters. The molecule has 0 heterocycles. The maximum Gasteiger partial charge on any atom is 0.0888 e. The van der Waals surface area contributed by atoms with E-state index < -0.39 is 0 Å². The second kappa shape index (κ2) is 3.78. The Morgan fingerprint density at radius 3 is 2.57 bits per heavy atom. The van der Waals surface area contributed by atoms with Crippen molar-refractivity contribution in [2.75, 3.05) is 12.8 Å². The Bertz CT molecular complexity index is 369. The van der Waals surface area contributed by atoms with Crippen LogP contribution in [0.15, 0.2) is 22.4 Å². The monoisotopic (exact) mass is 189 g/mol. The van der Waals surface area contributed by atoms with Crippen molar-refractivity contribution in [1.29, 1.82) is 0 Å². The number of nitrogens with zero attached hydrogens (tertiary/aromatic N) is 2. The molecule has 3 heteroatoms. The molecule has 2 rings (SSSR count). The molecule has 1 aliphatic carbocycles. The lowest BCUT2D eigenvalue weighted by Crippen LogP contribution is -2.06. The van der Waals surface area contributed by atoms with Crippen LogP contribution < -0.4 is 5.73 Å². The molecule has 14 heavy (non-hydrogen) atoms. The van der Waals surface area contributed by atoms with Crippen LogP contribution >= 0.6 is 0 Å². The van der Waals surface area contributed by atoms with Gasteiger partial charge in [0.2, 0.25) is 0 Å². The predicted molar refractivity (Wildman–Crippen MR) is 57.9 cm³/mol. The fraction of sp³-hybridized carbons (Fsp3) is 0.455. The number of nitrogens with two attached hydrogens (primary N) is 1. The van der Waals surface area contributed by atoms with E-state index in [0.29, 0.717) is 0 Å². The van der Waals surface area contributed by atoms with Crippen molar-refractivity contribution in [2.45, 2.75) is 25.7 Å². The number of rotatable bonds is 1. The summed E-state index contributed by atoms with van der Waals surface area (Å²) >= 11 is 0. The Morgan fingerprint density at radius 1 is 1.14 bits per heavy atom. The van der Waals surface area contributed by atoms with Crippen molar-refractivity contribution >= 4 is 11.4 Å². The third kappa shape index (κ3) is 1.50. The number of anilines is 1. The second-order valence-corrected chi connectivity index (χ2v) is 3.64. The lowest BCUT2D eigenvalue weighted by Gasteiger charge is -2.18. The highest BCUT2D eigenvalue weighted by atomic mass is 15.1. The maximum absolute atomic E-state index is 5.93. The second-order valence-electron chi connectivity index (χ2n) is 3.64. The average molecular weight is 189 g/mol. The number of hydrogen-bond acceptors (Lipinski definition) is 3. The summed E-state index contributed by atoms with van der Waals surface area (Å²) in [5.74, 6) is 0. The normalized spacial score (nSPS) is 15.8. The molecule has 1 aromatic rings. The fourth-order valence-corrected chi connectivity index (χ4v) is 2.08. The van der Waals surface area contributed by atoms with E-state index in [4.69, 9.17) is 5.73 Å². The largest absolute Gasteiger partial charge is 0.398 e. The van der Waals surface area contributed by atoms with Gasteiger partial charge in [0.1, 0.15) is 0 Å². The van der Waals surface area contributed by atoms with Gasteiger partial charge in [-0.1, -0.05) is 0 Å². The summed E-state index contributed by atoms with van der Waals surface area (Å²) in [5.41, 5.74) is 10.4. The summed E-state index contributed by atoms with van der Waals surface area (Å²) in [6.07, 6.45) is 4.66. The van der Waals surface area contributed by atoms with Crippen LogP contribution in [0.25, 0.3) is 0 Å². The highest BCUT2D eigenvalue weighted by Gasteiger charge is 2.15. The molecule has 0 aromatic heterocycles. The molecule has 3 nitrogen and oxygen atoms in total. The Morgan fingerprint density at radius 2 is 1.86 bits per heavy atom. The number of fused-ring (bicyclic) bond motifs is 1. The molecule has 74 valence electrons. The minimum absolute atomic E-state index is 0.912. The third-order valence-corrected chi connectivity index (χ3v) is 2.75. The molecule has 0 spiro atoms. The Labute approximate surface area is 84.0 Å².